The van der Waals surface area contributed by atoms with Crippen LogP contribution in [0.2, 0.25) is 0 Å². The Labute approximate surface area is 131 Å². The van der Waals surface area contributed by atoms with Crippen molar-refractivity contribution in [3.8, 4) is 5.75 Å². The molecule has 23 heavy (non-hydrogen) atoms. The van der Waals surface area contributed by atoms with Gasteiger partial charge in [-0.3, -0.25) is 4.79 Å². The van der Waals surface area contributed by atoms with Crippen molar-refractivity contribution in [3.05, 3.63) is 29.3 Å². The van der Waals surface area contributed by atoms with Crippen LogP contribution in [-0.2, 0) is 11.2 Å². The molecule has 1 aromatic rings. The van der Waals surface area contributed by atoms with E-state index in [2.05, 4.69) is 15.8 Å². The Bertz CT molecular complexity index is 653. The molecule has 122 valence electrons. The highest BCUT2D eigenvalue weighted by Crippen LogP contribution is 2.30. The lowest BCUT2D eigenvalue weighted by molar-refractivity contribution is -0.120. The first-order valence-electron chi connectivity index (χ1n) is 6.69. The van der Waals surface area contributed by atoms with Crippen LogP contribution in [0.25, 0.3) is 0 Å². The van der Waals surface area contributed by atoms with Gasteiger partial charge in [0.05, 0.1) is 17.9 Å². The lowest BCUT2D eigenvalue weighted by Gasteiger charge is -2.28. The van der Waals surface area contributed by atoms with Crippen molar-refractivity contribution in [2.24, 2.45) is 16.8 Å². The van der Waals surface area contributed by atoms with Crippen LogP contribution in [0, 0.1) is 0 Å². The SMILES string of the molecule is N/N=C(/CC(=O)NC1Cc2cccc(C(=O)O)c2OB1O)NN. The van der Waals surface area contributed by atoms with Crippen LogP contribution in [0.5, 0.6) is 5.75 Å². The number of hydrazine groups is 1. The summed E-state index contributed by atoms with van der Waals surface area (Å²) >= 11 is 0. The Kier molecular flexibility index (Phi) is 5.03. The minimum absolute atomic E-state index is 0.0452. The number of amidine groups is 1. The van der Waals surface area contributed by atoms with Crippen LogP contribution in [-0.4, -0.2) is 40.9 Å². The predicted molar refractivity (Wildman–Crippen MR) is 81.2 cm³/mol. The number of carboxylic acids is 1. The summed E-state index contributed by atoms with van der Waals surface area (Å²) in [5, 5.41) is 25.0. The number of benzene rings is 1. The first-order chi connectivity index (χ1) is 11.0. The number of nitrogens with two attached hydrogens (primary N) is 2. The van der Waals surface area contributed by atoms with Crippen molar-refractivity contribution in [1.29, 1.82) is 0 Å². The Hall–Kier alpha value is -2.79. The lowest BCUT2D eigenvalue weighted by Crippen LogP contribution is -2.53. The minimum atomic E-state index is -1.38. The third kappa shape index (κ3) is 3.70. The Morgan fingerprint density at radius 2 is 2.22 bits per heavy atom. The lowest BCUT2D eigenvalue weighted by atomic mass is 9.72. The first kappa shape index (κ1) is 16.6. The average molecular weight is 321 g/mol. The summed E-state index contributed by atoms with van der Waals surface area (Å²) in [5.41, 5.74) is 2.70. The number of carboxylic acid groups (broad SMARTS) is 1. The molecule has 1 atom stereocenters. The summed E-state index contributed by atoms with van der Waals surface area (Å²) in [4.78, 5) is 23.0. The molecule has 0 aromatic heterocycles. The molecule has 1 aromatic carbocycles. The molecule has 0 radical (unpaired) electrons. The Morgan fingerprint density at radius 3 is 2.83 bits per heavy atom. The molecule has 1 aliphatic rings. The van der Waals surface area contributed by atoms with Gasteiger partial charge in [0.25, 0.3) is 0 Å². The molecule has 10 nitrogen and oxygen atoms in total. The zero-order valence-electron chi connectivity index (χ0n) is 12.0. The molecule has 2 rings (SSSR count). The molecular formula is C12H16BN5O5. The number of rotatable bonds is 4. The molecule has 0 aliphatic carbocycles. The van der Waals surface area contributed by atoms with Gasteiger partial charge >= 0.3 is 13.1 Å². The summed E-state index contributed by atoms with van der Waals surface area (Å²) in [6, 6.07) is 4.62. The van der Waals surface area contributed by atoms with E-state index in [0.29, 0.717) is 5.56 Å². The van der Waals surface area contributed by atoms with Crippen molar-refractivity contribution in [2.45, 2.75) is 18.8 Å². The molecular weight excluding hydrogens is 305 g/mol. The number of para-hydroxylation sites is 1. The van der Waals surface area contributed by atoms with Crippen molar-refractivity contribution in [3.63, 3.8) is 0 Å². The van der Waals surface area contributed by atoms with E-state index in [9.17, 15) is 14.6 Å². The topological polar surface area (TPSA) is 172 Å². The van der Waals surface area contributed by atoms with Gasteiger partial charge in [-0.1, -0.05) is 12.1 Å². The maximum Gasteiger partial charge on any atom is 0.547 e. The minimum Gasteiger partial charge on any atom is -0.534 e. The molecule has 0 saturated heterocycles. The molecule has 0 bridgehead atoms. The Balaban J connectivity index is 2.11. The summed E-state index contributed by atoms with van der Waals surface area (Å²) in [6.07, 6.45) is 0.0206. The maximum atomic E-state index is 11.9. The van der Waals surface area contributed by atoms with Gasteiger partial charge in [-0.15, -0.1) is 0 Å². The second-order valence-electron chi connectivity index (χ2n) is 4.88. The molecule has 1 aliphatic heterocycles. The van der Waals surface area contributed by atoms with Gasteiger partial charge in [-0.05, 0) is 18.1 Å². The molecule has 0 saturated carbocycles. The number of hydrogen-bond donors (Lipinski definition) is 6. The molecule has 0 fully saturated rings. The number of amides is 1. The quantitative estimate of drug-likeness (QED) is 0.121. The third-order valence-electron chi connectivity index (χ3n) is 3.35. The molecule has 1 amide bonds. The second kappa shape index (κ2) is 6.98. The molecule has 0 spiro atoms. The van der Waals surface area contributed by atoms with Gasteiger partial charge in [0, 0.05) is 0 Å². The van der Waals surface area contributed by atoms with Gasteiger partial charge in [-0.25, -0.2) is 10.6 Å². The number of hydrogen-bond acceptors (Lipinski definition) is 7. The van der Waals surface area contributed by atoms with Crippen LogP contribution in [0.1, 0.15) is 22.3 Å². The number of carbonyl (C=O) groups excluding carboxylic acids is 1. The van der Waals surface area contributed by atoms with E-state index in [4.69, 9.17) is 21.4 Å². The fourth-order valence-corrected chi connectivity index (χ4v) is 2.26. The number of nitrogens with zero attached hydrogens (tertiary/aromatic N) is 1. The van der Waals surface area contributed by atoms with Crippen LogP contribution in [0.3, 0.4) is 0 Å². The van der Waals surface area contributed by atoms with E-state index in [1.165, 1.54) is 6.07 Å². The van der Waals surface area contributed by atoms with Gasteiger partial charge in [0.2, 0.25) is 5.91 Å². The molecule has 8 N–H and O–H groups in total. The van der Waals surface area contributed by atoms with Gasteiger partial charge in [0.1, 0.15) is 11.6 Å². The van der Waals surface area contributed by atoms with E-state index < -0.39 is 24.9 Å². The fraction of sp³-hybridized carbons (Fsp3) is 0.250. The molecule has 1 unspecified atom stereocenters. The van der Waals surface area contributed by atoms with Crippen molar-refractivity contribution in [2.75, 3.05) is 0 Å². The summed E-state index contributed by atoms with van der Waals surface area (Å²) in [6.45, 7) is 0. The standard InChI is InChI=1S/C12H16BN5O5/c14-17-9(18-15)5-10(19)16-8-4-6-2-1-3-7(12(20)21)11(6)23-13(8)22/h1-3,8,22H,4-5,14-15H2,(H,16,19)(H,17,18)(H,20,21). The third-order valence-corrected chi connectivity index (χ3v) is 3.35. The number of nitrogens with one attached hydrogen (secondary N) is 2. The van der Waals surface area contributed by atoms with Gasteiger partial charge in [0.15, 0.2) is 0 Å². The molecule has 11 heteroatoms. The normalized spacial score (nSPS) is 17.0. The summed E-state index contributed by atoms with van der Waals surface area (Å²) in [7, 11) is -1.38. The van der Waals surface area contributed by atoms with Gasteiger partial charge in [-0.2, -0.15) is 5.10 Å². The fourth-order valence-electron chi connectivity index (χ4n) is 2.26. The van der Waals surface area contributed by atoms with E-state index in [0.717, 1.165) is 0 Å². The van der Waals surface area contributed by atoms with Crippen molar-refractivity contribution in [1.82, 2.24) is 10.7 Å². The first-order valence-corrected chi connectivity index (χ1v) is 6.69. The van der Waals surface area contributed by atoms with Crippen LogP contribution >= 0.6 is 0 Å². The summed E-state index contributed by atoms with van der Waals surface area (Å²) in [5.74, 6) is 7.97. The number of carbonyl (C=O) groups is 2. The van der Waals surface area contributed by atoms with Crippen molar-refractivity contribution >= 4 is 24.8 Å². The van der Waals surface area contributed by atoms with E-state index in [-0.39, 0.29) is 30.0 Å². The van der Waals surface area contributed by atoms with Crippen LogP contribution < -0.4 is 27.1 Å². The average Bonchev–Trinajstić information content (AvgIpc) is 2.52. The van der Waals surface area contributed by atoms with E-state index >= 15 is 0 Å². The summed E-state index contributed by atoms with van der Waals surface area (Å²) < 4.78 is 5.26. The second-order valence-corrected chi connectivity index (χ2v) is 4.88. The van der Waals surface area contributed by atoms with Crippen LogP contribution in [0.4, 0.5) is 0 Å². The predicted octanol–water partition coefficient (Wildman–Crippen LogP) is -2.05. The number of aromatic carboxylic acids is 1. The Morgan fingerprint density at radius 1 is 1.48 bits per heavy atom. The zero-order chi connectivity index (χ0) is 17.0. The zero-order valence-corrected chi connectivity index (χ0v) is 12.0. The highest BCUT2D eigenvalue weighted by Gasteiger charge is 2.37. The monoisotopic (exact) mass is 321 g/mol. The highest BCUT2D eigenvalue weighted by atomic mass is 16.5. The van der Waals surface area contributed by atoms with Gasteiger partial charge < -0.3 is 31.4 Å². The van der Waals surface area contributed by atoms with E-state index in [1.807, 2.05) is 0 Å². The van der Waals surface area contributed by atoms with Crippen LogP contribution in [0.15, 0.2) is 23.3 Å². The molecule has 1 heterocycles. The number of fused-ring (bicyclic) bond motifs is 1. The smallest absolute Gasteiger partial charge is 0.534 e. The van der Waals surface area contributed by atoms with Crippen molar-refractivity contribution < 1.29 is 24.4 Å². The largest absolute Gasteiger partial charge is 0.547 e. The maximum absolute atomic E-state index is 11.9. The van der Waals surface area contributed by atoms with E-state index in [1.54, 1.807) is 12.1 Å². The number of hydrazone groups is 1. The highest BCUT2D eigenvalue weighted by molar-refractivity contribution is 6.47.